The van der Waals surface area contributed by atoms with E-state index in [-0.39, 0.29) is 11.5 Å². The molecule has 0 spiro atoms. The summed E-state index contributed by atoms with van der Waals surface area (Å²) in [5, 5.41) is 3.52. The summed E-state index contributed by atoms with van der Waals surface area (Å²) in [6, 6.07) is 4.68. The van der Waals surface area contributed by atoms with Gasteiger partial charge in [0.25, 0.3) is 0 Å². The van der Waals surface area contributed by atoms with E-state index in [4.69, 9.17) is 14.2 Å². The zero-order valence-electron chi connectivity index (χ0n) is 13.6. The molecule has 2 unspecified atom stereocenters. The molecule has 0 fully saturated rings. The summed E-state index contributed by atoms with van der Waals surface area (Å²) in [6.45, 7) is 2.33. The lowest BCUT2D eigenvalue weighted by Gasteiger charge is -2.48. The van der Waals surface area contributed by atoms with Crippen molar-refractivity contribution in [3.8, 4) is 11.5 Å². The zero-order valence-corrected chi connectivity index (χ0v) is 13.6. The number of hydrogen-bond donors (Lipinski definition) is 1. The molecule has 1 N–H and O–H groups in total. The summed E-state index contributed by atoms with van der Waals surface area (Å²) in [4.78, 5) is 0. The molecule has 1 aliphatic heterocycles. The van der Waals surface area contributed by atoms with E-state index in [1.54, 1.807) is 14.2 Å². The lowest BCUT2D eigenvalue weighted by Crippen LogP contribution is -2.56. The van der Waals surface area contributed by atoms with Crippen LogP contribution in [0.25, 0.3) is 0 Å². The Morgan fingerprint density at radius 2 is 2.09 bits per heavy atom. The zero-order chi connectivity index (χ0) is 15.5. The molecule has 118 valence electrons. The van der Waals surface area contributed by atoms with Crippen molar-refractivity contribution < 1.29 is 14.2 Å². The molecule has 0 aromatic heterocycles. The van der Waals surface area contributed by atoms with E-state index in [0.29, 0.717) is 12.0 Å². The van der Waals surface area contributed by atoms with Crippen LogP contribution in [0.2, 0.25) is 0 Å². The summed E-state index contributed by atoms with van der Waals surface area (Å²) in [7, 11) is 5.50. The maximum atomic E-state index is 6.38. The van der Waals surface area contributed by atoms with Gasteiger partial charge in [-0.2, -0.15) is 0 Å². The van der Waals surface area contributed by atoms with Crippen LogP contribution in [0.3, 0.4) is 0 Å². The van der Waals surface area contributed by atoms with Gasteiger partial charge in [-0.15, -0.1) is 0 Å². The molecule has 0 bridgehead atoms. The van der Waals surface area contributed by atoms with Crippen LogP contribution in [-0.4, -0.2) is 33.4 Å². The molecule has 4 nitrogen and oxygen atoms in total. The molecule has 1 aromatic carbocycles. The molecule has 0 amide bonds. The fourth-order valence-electron chi connectivity index (χ4n) is 4.80. The second-order valence-corrected chi connectivity index (χ2v) is 6.66. The largest absolute Gasteiger partial charge is 0.497 e. The van der Waals surface area contributed by atoms with Gasteiger partial charge in [0.15, 0.2) is 17.6 Å². The molecule has 4 heteroatoms. The number of nitrogens with one attached hydrogen (secondary N) is 1. The molecule has 0 saturated heterocycles. The highest BCUT2D eigenvalue weighted by Crippen LogP contribution is 2.60. The molecule has 1 aromatic rings. The Kier molecular flexibility index (Phi) is 2.95. The van der Waals surface area contributed by atoms with Gasteiger partial charge in [-0.25, -0.2) is 0 Å². The number of allylic oxidation sites excluding steroid dienone is 1. The van der Waals surface area contributed by atoms with Crippen molar-refractivity contribution in [1.82, 2.24) is 5.32 Å². The maximum absolute atomic E-state index is 6.38. The van der Waals surface area contributed by atoms with Crippen LogP contribution in [0.4, 0.5) is 0 Å². The Labute approximate surface area is 131 Å². The van der Waals surface area contributed by atoms with Gasteiger partial charge in [0, 0.05) is 17.0 Å². The highest BCUT2D eigenvalue weighted by atomic mass is 16.6. The molecular formula is C18H23NO3. The van der Waals surface area contributed by atoms with Gasteiger partial charge in [0.2, 0.25) is 0 Å². The third-order valence-electron chi connectivity index (χ3n) is 5.88. The van der Waals surface area contributed by atoms with Gasteiger partial charge in [0.1, 0.15) is 5.76 Å². The van der Waals surface area contributed by atoms with Gasteiger partial charge in [-0.05, 0) is 43.5 Å². The van der Waals surface area contributed by atoms with Crippen molar-refractivity contribution in [2.45, 2.75) is 37.3 Å². The number of benzene rings is 1. The first kappa shape index (κ1) is 13.9. The van der Waals surface area contributed by atoms with Crippen molar-refractivity contribution in [1.29, 1.82) is 0 Å². The van der Waals surface area contributed by atoms with Gasteiger partial charge < -0.3 is 19.5 Å². The Hall–Kier alpha value is -1.68. The van der Waals surface area contributed by atoms with Crippen molar-refractivity contribution >= 4 is 0 Å². The SMILES string of the molecule is CN[C@H]1Cc2ccc(OC)c3c2C2(C)C1CC=C(OC)[C@H]2O3. The highest BCUT2D eigenvalue weighted by molar-refractivity contribution is 5.61. The standard InChI is InChI=1S/C18H23NO3/c1-18-11-6-8-14(21-4)17(18)22-16-13(20-3)7-5-10(15(16)18)9-12(11)19-2/h5,7-8,11-12,17,19H,6,9H2,1-4H3/t11?,12-,17+,18?/m0/s1. The van der Waals surface area contributed by atoms with Crippen LogP contribution in [0.1, 0.15) is 24.5 Å². The third kappa shape index (κ3) is 1.51. The van der Waals surface area contributed by atoms with Crippen LogP contribution in [0.5, 0.6) is 11.5 Å². The smallest absolute Gasteiger partial charge is 0.166 e. The van der Waals surface area contributed by atoms with Gasteiger partial charge >= 0.3 is 0 Å². The fraction of sp³-hybridized carbons (Fsp3) is 0.556. The summed E-state index contributed by atoms with van der Waals surface area (Å²) in [6.07, 6.45) is 4.19. The van der Waals surface area contributed by atoms with Crippen molar-refractivity contribution in [2.75, 3.05) is 21.3 Å². The molecule has 1 heterocycles. The van der Waals surface area contributed by atoms with Crippen LogP contribution < -0.4 is 14.8 Å². The monoisotopic (exact) mass is 301 g/mol. The van der Waals surface area contributed by atoms with Crippen LogP contribution >= 0.6 is 0 Å². The number of likely N-dealkylation sites (N-methyl/N-ethyl adjacent to an activating group) is 1. The Morgan fingerprint density at radius 1 is 1.27 bits per heavy atom. The summed E-state index contributed by atoms with van der Waals surface area (Å²) in [5.74, 6) is 3.19. The Morgan fingerprint density at radius 3 is 2.77 bits per heavy atom. The first-order valence-corrected chi connectivity index (χ1v) is 7.93. The summed E-state index contributed by atoms with van der Waals surface area (Å²) in [5.41, 5.74) is 2.63. The van der Waals surface area contributed by atoms with E-state index < -0.39 is 0 Å². The van der Waals surface area contributed by atoms with Gasteiger partial charge in [0.05, 0.1) is 14.2 Å². The Bertz CT molecular complexity index is 654. The number of ether oxygens (including phenoxy) is 3. The Balaban J connectivity index is 1.97. The van der Waals surface area contributed by atoms with E-state index in [1.807, 2.05) is 6.07 Å². The molecular weight excluding hydrogens is 278 g/mol. The van der Waals surface area contributed by atoms with Crippen LogP contribution in [-0.2, 0) is 16.6 Å². The van der Waals surface area contributed by atoms with Gasteiger partial charge in [-0.1, -0.05) is 13.0 Å². The van der Waals surface area contributed by atoms with E-state index in [9.17, 15) is 0 Å². The predicted molar refractivity (Wildman–Crippen MR) is 84.5 cm³/mol. The number of methoxy groups -OCH3 is 2. The summed E-state index contributed by atoms with van der Waals surface area (Å²) >= 11 is 0. The molecule has 0 saturated carbocycles. The van der Waals surface area contributed by atoms with E-state index in [1.165, 1.54) is 11.1 Å². The first-order valence-electron chi connectivity index (χ1n) is 7.93. The van der Waals surface area contributed by atoms with Crippen LogP contribution in [0, 0.1) is 5.92 Å². The molecule has 3 aliphatic rings. The number of rotatable bonds is 3. The lowest BCUT2D eigenvalue weighted by atomic mass is 9.57. The maximum Gasteiger partial charge on any atom is 0.166 e. The minimum atomic E-state index is -0.0643. The highest BCUT2D eigenvalue weighted by Gasteiger charge is 2.59. The average Bonchev–Trinajstić information content (AvgIpc) is 2.86. The first-order chi connectivity index (χ1) is 10.6. The molecule has 2 aliphatic carbocycles. The molecule has 4 rings (SSSR count). The van der Waals surface area contributed by atoms with E-state index in [0.717, 1.165) is 30.1 Å². The summed E-state index contributed by atoms with van der Waals surface area (Å²) < 4.78 is 17.6. The molecule has 0 radical (unpaired) electrons. The second kappa shape index (κ2) is 4.66. The van der Waals surface area contributed by atoms with Crippen molar-refractivity contribution in [2.24, 2.45) is 5.92 Å². The topological polar surface area (TPSA) is 39.7 Å². The average molecular weight is 301 g/mol. The minimum absolute atomic E-state index is 0.0579. The predicted octanol–water partition coefficient (Wildman–Crippen LogP) is 2.41. The minimum Gasteiger partial charge on any atom is -0.497 e. The fourth-order valence-corrected chi connectivity index (χ4v) is 4.80. The van der Waals surface area contributed by atoms with E-state index >= 15 is 0 Å². The van der Waals surface area contributed by atoms with E-state index in [2.05, 4.69) is 31.4 Å². The quantitative estimate of drug-likeness (QED) is 0.930. The van der Waals surface area contributed by atoms with Crippen molar-refractivity contribution in [3.05, 3.63) is 35.1 Å². The third-order valence-corrected chi connectivity index (χ3v) is 5.88. The lowest BCUT2D eigenvalue weighted by molar-refractivity contribution is 0.0523. The van der Waals surface area contributed by atoms with Gasteiger partial charge in [-0.3, -0.25) is 0 Å². The second-order valence-electron chi connectivity index (χ2n) is 6.66. The van der Waals surface area contributed by atoms with Crippen molar-refractivity contribution in [3.63, 3.8) is 0 Å². The number of hydrogen-bond acceptors (Lipinski definition) is 4. The molecule has 4 atom stereocenters. The van der Waals surface area contributed by atoms with Crippen LogP contribution in [0.15, 0.2) is 24.0 Å². The molecule has 22 heavy (non-hydrogen) atoms. The normalized spacial score (nSPS) is 34.5.